The first-order chi connectivity index (χ1) is 8.04. The fourth-order valence-electron chi connectivity index (χ4n) is 1.51. The predicted octanol–water partition coefficient (Wildman–Crippen LogP) is 2.43. The van der Waals surface area contributed by atoms with Crippen LogP contribution in [0.25, 0.3) is 0 Å². The van der Waals surface area contributed by atoms with Gasteiger partial charge in [-0.25, -0.2) is 9.18 Å². The van der Waals surface area contributed by atoms with E-state index in [1.807, 2.05) is 13.8 Å². The summed E-state index contributed by atoms with van der Waals surface area (Å²) in [7, 11) is 0. The highest BCUT2D eigenvalue weighted by Crippen LogP contribution is 2.16. The van der Waals surface area contributed by atoms with Crippen LogP contribution >= 0.6 is 0 Å². The van der Waals surface area contributed by atoms with Crippen molar-refractivity contribution in [3.63, 3.8) is 0 Å². The van der Waals surface area contributed by atoms with Crippen molar-refractivity contribution < 1.29 is 13.9 Å². The minimum atomic E-state index is -0.546. The smallest absolute Gasteiger partial charge is 0.327 e. The third-order valence-corrected chi connectivity index (χ3v) is 2.23. The Labute approximate surface area is 101 Å². The summed E-state index contributed by atoms with van der Waals surface area (Å²) in [4.78, 5) is 11.8. The Balaban J connectivity index is 2.89. The van der Waals surface area contributed by atoms with Crippen LogP contribution in [0.4, 0.5) is 4.39 Å². The van der Waals surface area contributed by atoms with Gasteiger partial charge in [0.25, 0.3) is 0 Å². The van der Waals surface area contributed by atoms with E-state index in [0.29, 0.717) is 12.2 Å². The van der Waals surface area contributed by atoms with E-state index in [-0.39, 0.29) is 17.8 Å². The van der Waals surface area contributed by atoms with Crippen LogP contribution in [0, 0.1) is 5.82 Å². The zero-order valence-corrected chi connectivity index (χ0v) is 10.4. The number of esters is 1. The summed E-state index contributed by atoms with van der Waals surface area (Å²) in [5.74, 6) is -0.659. The SMILES string of the molecule is CCOC(=O)C(NC(C)C)c1ccc(F)cc1. The number of rotatable bonds is 5. The van der Waals surface area contributed by atoms with E-state index in [9.17, 15) is 9.18 Å². The highest BCUT2D eigenvalue weighted by Gasteiger charge is 2.22. The lowest BCUT2D eigenvalue weighted by molar-refractivity contribution is -0.146. The Morgan fingerprint density at radius 2 is 1.94 bits per heavy atom. The Morgan fingerprint density at radius 1 is 1.35 bits per heavy atom. The maximum atomic E-state index is 12.8. The van der Waals surface area contributed by atoms with Crippen molar-refractivity contribution in [2.24, 2.45) is 0 Å². The van der Waals surface area contributed by atoms with Crippen molar-refractivity contribution >= 4 is 5.97 Å². The summed E-state index contributed by atoms with van der Waals surface area (Å²) in [6.45, 7) is 5.97. The van der Waals surface area contributed by atoms with E-state index >= 15 is 0 Å². The molecule has 1 atom stereocenters. The molecule has 0 aliphatic rings. The van der Waals surface area contributed by atoms with Gasteiger partial charge in [0, 0.05) is 6.04 Å². The van der Waals surface area contributed by atoms with Crippen LogP contribution in [0.15, 0.2) is 24.3 Å². The number of benzene rings is 1. The molecule has 0 spiro atoms. The van der Waals surface area contributed by atoms with Crippen LogP contribution in [-0.4, -0.2) is 18.6 Å². The first-order valence-electron chi connectivity index (χ1n) is 5.72. The maximum absolute atomic E-state index is 12.8. The van der Waals surface area contributed by atoms with E-state index < -0.39 is 6.04 Å². The Bertz CT molecular complexity index is 362. The van der Waals surface area contributed by atoms with Crippen molar-refractivity contribution in [2.75, 3.05) is 6.61 Å². The van der Waals surface area contributed by atoms with Crippen molar-refractivity contribution in [1.29, 1.82) is 0 Å². The van der Waals surface area contributed by atoms with Gasteiger partial charge in [-0.1, -0.05) is 12.1 Å². The summed E-state index contributed by atoms with van der Waals surface area (Å²) in [6, 6.07) is 5.44. The molecule has 1 N–H and O–H groups in total. The van der Waals surface area contributed by atoms with Crippen LogP contribution < -0.4 is 5.32 Å². The molecule has 0 fully saturated rings. The molecule has 1 rings (SSSR count). The minimum absolute atomic E-state index is 0.134. The van der Waals surface area contributed by atoms with Crippen LogP contribution in [0.3, 0.4) is 0 Å². The molecule has 17 heavy (non-hydrogen) atoms. The van der Waals surface area contributed by atoms with Crippen molar-refractivity contribution in [3.05, 3.63) is 35.6 Å². The molecule has 0 bridgehead atoms. The standard InChI is InChI=1S/C13H18FNO2/c1-4-17-13(16)12(15-9(2)3)10-5-7-11(14)8-6-10/h5-9,12,15H,4H2,1-3H3. The van der Waals surface area contributed by atoms with Gasteiger partial charge in [-0.3, -0.25) is 5.32 Å². The van der Waals surface area contributed by atoms with Crippen LogP contribution in [-0.2, 0) is 9.53 Å². The summed E-state index contributed by atoms with van der Waals surface area (Å²) >= 11 is 0. The van der Waals surface area contributed by atoms with E-state index in [2.05, 4.69) is 5.32 Å². The molecule has 1 aromatic carbocycles. The van der Waals surface area contributed by atoms with Gasteiger partial charge >= 0.3 is 5.97 Å². The Hall–Kier alpha value is -1.42. The molecule has 1 aromatic rings. The molecule has 0 saturated carbocycles. The normalized spacial score (nSPS) is 12.5. The molecule has 0 aromatic heterocycles. The second kappa shape index (κ2) is 6.35. The topological polar surface area (TPSA) is 38.3 Å². The highest BCUT2D eigenvalue weighted by molar-refractivity contribution is 5.77. The highest BCUT2D eigenvalue weighted by atomic mass is 19.1. The Kier molecular flexibility index (Phi) is 5.10. The number of carbonyl (C=O) groups excluding carboxylic acids is 1. The summed E-state index contributed by atoms with van der Waals surface area (Å²) in [6.07, 6.45) is 0. The lowest BCUT2D eigenvalue weighted by Gasteiger charge is -2.20. The van der Waals surface area contributed by atoms with Gasteiger partial charge in [0.05, 0.1) is 6.61 Å². The number of ether oxygens (including phenoxy) is 1. The third-order valence-electron chi connectivity index (χ3n) is 2.23. The quantitative estimate of drug-likeness (QED) is 0.802. The number of nitrogens with one attached hydrogen (secondary N) is 1. The number of halogens is 1. The predicted molar refractivity (Wildman–Crippen MR) is 64.0 cm³/mol. The van der Waals surface area contributed by atoms with Crippen LogP contribution in [0.2, 0.25) is 0 Å². The van der Waals surface area contributed by atoms with E-state index in [1.54, 1.807) is 19.1 Å². The zero-order chi connectivity index (χ0) is 12.8. The second-order valence-corrected chi connectivity index (χ2v) is 4.06. The molecule has 1 unspecified atom stereocenters. The fourth-order valence-corrected chi connectivity index (χ4v) is 1.51. The van der Waals surface area contributed by atoms with Crippen LogP contribution in [0.5, 0.6) is 0 Å². The average Bonchev–Trinajstić information content (AvgIpc) is 2.27. The van der Waals surface area contributed by atoms with Gasteiger partial charge in [0.15, 0.2) is 0 Å². The van der Waals surface area contributed by atoms with Gasteiger partial charge in [-0.15, -0.1) is 0 Å². The maximum Gasteiger partial charge on any atom is 0.327 e. The number of hydrogen-bond acceptors (Lipinski definition) is 3. The fraction of sp³-hybridized carbons (Fsp3) is 0.462. The molecule has 94 valence electrons. The van der Waals surface area contributed by atoms with E-state index in [4.69, 9.17) is 4.74 Å². The van der Waals surface area contributed by atoms with Gasteiger partial charge in [0.2, 0.25) is 0 Å². The Morgan fingerprint density at radius 3 is 2.41 bits per heavy atom. The lowest BCUT2D eigenvalue weighted by atomic mass is 10.1. The first-order valence-corrected chi connectivity index (χ1v) is 5.72. The molecule has 4 heteroatoms. The summed E-state index contributed by atoms with van der Waals surface area (Å²) < 4.78 is 17.8. The molecular weight excluding hydrogens is 221 g/mol. The van der Waals surface area contributed by atoms with Crippen LogP contribution in [0.1, 0.15) is 32.4 Å². The average molecular weight is 239 g/mol. The molecular formula is C13H18FNO2. The first kappa shape index (κ1) is 13.6. The van der Waals surface area contributed by atoms with Gasteiger partial charge in [-0.2, -0.15) is 0 Å². The third kappa shape index (κ3) is 4.15. The monoisotopic (exact) mass is 239 g/mol. The molecule has 0 aliphatic carbocycles. The van der Waals surface area contributed by atoms with Gasteiger partial charge < -0.3 is 4.74 Å². The second-order valence-electron chi connectivity index (χ2n) is 4.06. The van der Waals surface area contributed by atoms with Gasteiger partial charge in [0.1, 0.15) is 11.9 Å². The van der Waals surface area contributed by atoms with Crippen molar-refractivity contribution in [1.82, 2.24) is 5.32 Å². The number of hydrogen-bond donors (Lipinski definition) is 1. The van der Waals surface area contributed by atoms with E-state index in [0.717, 1.165) is 0 Å². The molecule has 3 nitrogen and oxygen atoms in total. The minimum Gasteiger partial charge on any atom is -0.465 e. The van der Waals surface area contributed by atoms with E-state index in [1.165, 1.54) is 12.1 Å². The molecule has 0 heterocycles. The molecule has 0 saturated heterocycles. The van der Waals surface area contributed by atoms with Crippen molar-refractivity contribution in [2.45, 2.75) is 32.9 Å². The number of carbonyl (C=O) groups is 1. The zero-order valence-electron chi connectivity index (χ0n) is 10.4. The molecule has 0 aliphatic heterocycles. The van der Waals surface area contributed by atoms with Crippen molar-refractivity contribution in [3.8, 4) is 0 Å². The molecule has 0 radical (unpaired) electrons. The summed E-state index contributed by atoms with van der Waals surface area (Å²) in [5, 5.41) is 3.10. The lowest BCUT2D eigenvalue weighted by Crippen LogP contribution is -2.34. The molecule has 0 amide bonds. The largest absolute Gasteiger partial charge is 0.465 e. The summed E-state index contributed by atoms with van der Waals surface area (Å²) in [5.41, 5.74) is 0.707. The van der Waals surface area contributed by atoms with Gasteiger partial charge in [-0.05, 0) is 38.5 Å².